The molecule has 3 aromatic rings. The molecule has 1 aromatic heterocycles. The van der Waals surface area contributed by atoms with E-state index in [1.165, 1.54) is 28.8 Å². The third-order valence-electron chi connectivity index (χ3n) is 5.28. The van der Waals surface area contributed by atoms with Gasteiger partial charge in [0.25, 0.3) is 10.0 Å². The van der Waals surface area contributed by atoms with Crippen LogP contribution in [0.5, 0.6) is 0 Å². The summed E-state index contributed by atoms with van der Waals surface area (Å²) in [6.45, 7) is 11.0. The molecule has 0 saturated heterocycles. The topological polar surface area (TPSA) is 132 Å². The second-order valence-electron chi connectivity index (χ2n) is 10.7. The van der Waals surface area contributed by atoms with Gasteiger partial charge in [0.15, 0.2) is 0 Å². The standard InChI is InChI=1S/C27H32N2O8S/c1-17(23(30)31)29(25(33)37-27(5,6)7)38(34,35)20-14-12-18(13-15-20)22-16-19-10-8-9-11-21(19)28(22)24(32)36-26(2,3)4/h8-17H,1-7H3,(H,30,31)/t17-/m1/s1. The summed E-state index contributed by atoms with van der Waals surface area (Å²) in [6, 6.07) is 12.7. The fourth-order valence-electron chi connectivity index (χ4n) is 3.65. The van der Waals surface area contributed by atoms with Crippen molar-refractivity contribution in [1.29, 1.82) is 0 Å². The van der Waals surface area contributed by atoms with Gasteiger partial charge in [-0.3, -0.25) is 0 Å². The molecule has 3 rings (SSSR count). The molecule has 0 aliphatic heterocycles. The predicted octanol–water partition coefficient (Wildman–Crippen LogP) is 5.49. The molecule has 11 heteroatoms. The Bertz CT molecular complexity index is 1480. The van der Waals surface area contributed by atoms with Crippen molar-refractivity contribution in [2.45, 2.75) is 70.6 Å². The molecule has 2 aromatic carbocycles. The number of benzene rings is 2. The summed E-state index contributed by atoms with van der Waals surface area (Å²) in [5.74, 6) is -1.52. The summed E-state index contributed by atoms with van der Waals surface area (Å²) >= 11 is 0. The Morgan fingerprint density at radius 3 is 1.97 bits per heavy atom. The van der Waals surface area contributed by atoms with Crippen molar-refractivity contribution >= 4 is 39.1 Å². The number of aliphatic carboxylic acids is 1. The second kappa shape index (κ2) is 10.1. The number of para-hydroxylation sites is 1. The molecule has 0 spiro atoms. The molecule has 10 nitrogen and oxygen atoms in total. The number of aromatic nitrogens is 1. The highest BCUT2D eigenvalue weighted by Crippen LogP contribution is 2.31. The molecule has 0 aliphatic rings. The maximum Gasteiger partial charge on any atom is 0.425 e. The summed E-state index contributed by atoms with van der Waals surface area (Å²) in [5, 5.41) is 10.2. The van der Waals surface area contributed by atoms with Gasteiger partial charge < -0.3 is 14.6 Å². The molecule has 1 amide bonds. The van der Waals surface area contributed by atoms with E-state index in [2.05, 4.69) is 0 Å². The van der Waals surface area contributed by atoms with Crippen LogP contribution in [0, 0.1) is 0 Å². The van der Waals surface area contributed by atoms with E-state index in [4.69, 9.17) is 9.47 Å². The van der Waals surface area contributed by atoms with Crippen LogP contribution in [-0.4, -0.2) is 57.8 Å². The van der Waals surface area contributed by atoms with Crippen LogP contribution in [0.3, 0.4) is 0 Å². The number of carboxylic acids is 1. The highest BCUT2D eigenvalue weighted by atomic mass is 32.2. The zero-order valence-corrected chi connectivity index (χ0v) is 23.2. The van der Waals surface area contributed by atoms with E-state index in [0.717, 1.165) is 12.3 Å². The SMILES string of the molecule is C[C@H](C(=O)O)N(C(=O)OC(C)(C)C)S(=O)(=O)c1ccc(-c2cc3ccccc3n2C(=O)OC(C)(C)C)cc1. The van der Waals surface area contributed by atoms with Gasteiger partial charge in [0, 0.05) is 5.39 Å². The monoisotopic (exact) mass is 544 g/mol. The smallest absolute Gasteiger partial charge is 0.425 e. The molecule has 0 unspecified atom stereocenters. The summed E-state index contributed by atoms with van der Waals surface area (Å²) in [4.78, 5) is 37.2. The van der Waals surface area contributed by atoms with E-state index in [0.29, 0.717) is 16.8 Å². The number of fused-ring (bicyclic) bond motifs is 1. The van der Waals surface area contributed by atoms with E-state index in [1.54, 1.807) is 59.7 Å². The van der Waals surface area contributed by atoms with Crippen molar-refractivity contribution in [2.24, 2.45) is 0 Å². The predicted molar refractivity (Wildman–Crippen MR) is 141 cm³/mol. The van der Waals surface area contributed by atoms with Crippen LogP contribution >= 0.6 is 0 Å². The number of carbonyl (C=O) groups excluding carboxylic acids is 2. The minimum atomic E-state index is -4.61. The molecule has 0 aliphatic carbocycles. The number of hydrogen-bond acceptors (Lipinski definition) is 7. The maximum atomic E-state index is 13.4. The van der Waals surface area contributed by atoms with Crippen LogP contribution in [-0.2, 0) is 24.3 Å². The number of amides is 1. The van der Waals surface area contributed by atoms with Gasteiger partial charge in [0.2, 0.25) is 0 Å². The quantitative estimate of drug-likeness (QED) is 0.446. The number of ether oxygens (including phenoxy) is 2. The van der Waals surface area contributed by atoms with Crippen molar-refractivity contribution < 1.29 is 37.4 Å². The van der Waals surface area contributed by atoms with E-state index < -0.39 is 45.4 Å². The van der Waals surface area contributed by atoms with Crippen molar-refractivity contribution in [3.63, 3.8) is 0 Å². The van der Waals surface area contributed by atoms with Gasteiger partial charge in [-0.25, -0.2) is 27.4 Å². The zero-order valence-electron chi connectivity index (χ0n) is 22.4. The normalized spacial score (nSPS) is 13.1. The molecule has 0 saturated carbocycles. The summed E-state index contributed by atoms with van der Waals surface area (Å²) in [5.41, 5.74) is -0.223. The van der Waals surface area contributed by atoms with Crippen molar-refractivity contribution in [1.82, 2.24) is 8.87 Å². The lowest BCUT2D eigenvalue weighted by atomic mass is 10.1. The van der Waals surface area contributed by atoms with E-state index in [1.807, 2.05) is 12.1 Å². The first-order valence-corrected chi connectivity index (χ1v) is 13.3. The van der Waals surface area contributed by atoms with Crippen LogP contribution in [0.4, 0.5) is 9.59 Å². The second-order valence-corrected chi connectivity index (χ2v) is 12.5. The van der Waals surface area contributed by atoms with Crippen molar-refractivity contribution in [3.05, 3.63) is 54.6 Å². The summed E-state index contributed by atoms with van der Waals surface area (Å²) in [6.07, 6.45) is -1.90. The molecule has 204 valence electrons. The van der Waals surface area contributed by atoms with E-state index in [9.17, 15) is 27.9 Å². The molecule has 1 heterocycles. The van der Waals surface area contributed by atoms with Crippen molar-refractivity contribution in [3.8, 4) is 11.3 Å². The van der Waals surface area contributed by atoms with Crippen LogP contribution in [0.25, 0.3) is 22.2 Å². The molecule has 0 fully saturated rings. The highest BCUT2D eigenvalue weighted by molar-refractivity contribution is 7.89. The lowest BCUT2D eigenvalue weighted by molar-refractivity contribution is -0.140. The lowest BCUT2D eigenvalue weighted by Gasteiger charge is -2.29. The number of rotatable bonds is 5. The van der Waals surface area contributed by atoms with Crippen LogP contribution in [0.2, 0.25) is 0 Å². The van der Waals surface area contributed by atoms with E-state index >= 15 is 0 Å². The molecule has 1 atom stereocenters. The van der Waals surface area contributed by atoms with Gasteiger partial charge in [-0.05, 0) is 78.3 Å². The number of nitrogens with zero attached hydrogens (tertiary/aromatic N) is 2. The average Bonchev–Trinajstić information content (AvgIpc) is 3.16. The Balaban J connectivity index is 2.08. The largest absolute Gasteiger partial charge is 0.480 e. The minimum Gasteiger partial charge on any atom is -0.480 e. The fraction of sp³-hybridized carbons (Fsp3) is 0.370. The van der Waals surface area contributed by atoms with E-state index in [-0.39, 0.29) is 9.20 Å². The van der Waals surface area contributed by atoms with Gasteiger partial charge >= 0.3 is 18.2 Å². The number of carbonyl (C=O) groups is 3. The molecular weight excluding hydrogens is 512 g/mol. The minimum absolute atomic E-state index is 0.216. The number of hydrogen-bond donors (Lipinski definition) is 1. The van der Waals surface area contributed by atoms with Gasteiger partial charge in [0.05, 0.1) is 16.1 Å². The Morgan fingerprint density at radius 1 is 0.895 bits per heavy atom. The number of carboxylic acid groups (broad SMARTS) is 1. The Hall–Kier alpha value is -3.86. The van der Waals surface area contributed by atoms with Gasteiger partial charge in [-0.1, -0.05) is 30.3 Å². The molecular formula is C27H32N2O8S. The Labute approximate surface area is 221 Å². The summed E-state index contributed by atoms with van der Waals surface area (Å²) in [7, 11) is -4.61. The Kier molecular flexibility index (Phi) is 7.65. The molecule has 38 heavy (non-hydrogen) atoms. The van der Waals surface area contributed by atoms with Gasteiger partial charge in [-0.15, -0.1) is 0 Å². The van der Waals surface area contributed by atoms with Crippen LogP contribution in [0.1, 0.15) is 48.5 Å². The zero-order chi connectivity index (χ0) is 28.6. The average molecular weight is 545 g/mol. The fourth-order valence-corrected chi connectivity index (χ4v) is 5.10. The highest BCUT2D eigenvalue weighted by Gasteiger charge is 2.40. The Morgan fingerprint density at radius 2 is 1.45 bits per heavy atom. The third-order valence-corrected chi connectivity index (χ3v) is 7.13. The first-order valence-electron chi connectivity index (χ1n) is 11.9. The van der Waals surface area contributed by atoms with Crippen LogP contribution < -0.4 is 0 Å². The summed E-state index contributed by atoms with van der Waals surface area (Å²) < 4.78 is 39.2. The first-order chi connectivity index (χ1) is 17.4. The van der Waals surface area contributed by atoms with Crippen molar-refractivity contribution in [2.75, 3.05) is 0 Å². The number of sulfonamides is 1. The molecule has 0 radical (unpaired) electrons. The molecule has 0 bridgehead atoms. The maximum absolute atomic E-state index is 13.4. The molecule has 1 N–H and O–H groups in total. The lowest BCUT2D eigenvalue weighted by Crippen LogP contribution is -2.48. The van der Waals surface area contributed by atoms with Gasteiger partial charge in [0.1, 0.15) is 17.2 Å². The first kappa shape index (κ1) is 28.7. The van der Waals surface area contributed by atoms with Gasteiger partial charge in [-0.2, -0.15) is 4.31 Å². The van der Waals surface area contributed by atoms with Crippen LogP contribution in [0.15, 0.2) is 59.5 Å². The third kappa shape index (κ3) is 6.16.